The third kappa shape index (κ3) is 1.92. The maximum absolute atomic E-state index is 8.56. The van der Waals surface area contributed by atoms with Crippen molar-refractivity contribution in [2.75, 3.05) is 0 Å². The molecular formula is C13H13N5O. The molecule has 1 unspecified atom stereocenters. The summed E-state index contributed by atoms with van der Waals surface area (Å²) in [6.45, 7) is 2.58. The molecule has 3 aromatic rings. The Morgan fingerprint density at radius 3 is 3.16 bits per heavy atom. The van der Waals surface area contributed by atoms with E-state index in [2.05, 4.69) is 15.1 Å². The summed E-state index contributed by atoms with van der Waals surface area (Å²) >= 11 is 0. The molecule has 2 heterocycles. The first kappa shape index (κ1) is 11.6. The monoisotopic (exact) mass is 255 g/mol. The van der Waals surface area contributed by atoms with Gasteiger partial charge in [-0.2, -0.15) is 5.10 Å². The highest BCUT2D eigenvalue weighted by Crippen LogP contribution is 2.26. The smallest absolute Gasteiger partial charge is 0.136 e. The highest BCUT2D eigenvalue weighted by atomic mass is 16.3. The predicted octanol–water partition coefficient (Wildman–Crippen LogP) is 3.87. The van der Waals surface area contributed by atoms with Crippen molar-refractivity contribution in [3.8, 4) is 0 Å². The van der Waals surface area contributed by atoms with Crippen LogP contribution in [-0.2, 0) is 6.54 Å². The Labute approximate surface area is 109 Å². The largest absolute Gasteiger partial charge is 0.464 e. The zero-order valence-corrected chi connectivity index (χ0v) is 10.5. The van der Waals surface area contributed by atoms with E-state index in [1.807, 2.05) is 36.0 Å². The number of rotatable bonds is 4. The zero-order chi connectivity index (χ0) is 13.2. The number of hydrogen-bond donors (Lipinski definition) is 0. The Balaban J connectivity index is 2.13. The minimum absolute atomic E-state index is 0.0877. The number of furan rings is 1. The van der Waals surface area contributed by atoms with Crippen LogP contribution in [0.2, 0.25) is 0 Å². The van der Waals surface area contributed by atoms with Crippen LogP contribution >= 0.6 is 0 Å². The second kappa shape index (κ2) is 4.66. The van der Waals surface area contributed by atoms with Gasteiger partial charge in [-0.05, 0) is 30.2 Å². The molecule has 0 aliphatic rings. The summed E-state index contributed by atoms with van der Waals surface area (Å²) in [5.41, 5.74) is 10.4. The van der Waals surface area contributed by atoms with E-state index < -0.39 is 0 Å². The quantitative estimate of drug-likeness (QED) is 0.403. The maximum Gasteiger partial charge on any atom is 0.136 e. The Hall–Kier alpha value is -2.46. The average Bonchev–Trinajstić information content (AvgIpc) is 3.03. The zero-order valence-electron chi connectivity index (χ0n) is 10.5. The first-order valence-electron chi connectivity index (χ1n) is 6.19. The van der Waals surface area contributed by atoms with E-state index >= 15 is 0 Å². The second-order valence-electron chi connectivity index (χ2n) is 4.43. The maximum atomic E-state index is 8.56. The van der Waals surface area contributed by atoms with Crippen LogP contribution in [0.15, 0.2) is 40.2 Å². The van der Waals surface area contributed by atoms with Crippen molar-refractivity contribution in [3.05, 3.63) is 41.1 Å². The van der Waals surface area contributed by atoms with Gasteiger partial charge < -0.3 is 4.42 Å². The van der Waals surface area contributed by atoms with Gasteiger partial charge in [-0.25, -0.2) is 0 Å². The molecule has 0 bridgehead atoms. The van der Waals surface area contributed by atoms with Gasteiger partial charge in [0.05, 0.1) is 30.6 Å². The predicted molar refractivity (Wildman–Crippen MR) is 72.7 cm³/mol. The fourth-order valence-corrected chi connectivity index (χ4v) is 2.29. The Bertz CT molecular complexity index is 766. The van der Waals surface area contributed by atoms with E-state index in [0.29, 0.717) is 6.54 Å². The molecule has 0 aliphatic heterocycles. The summed E-state index contributed by atoms with van der Waals surface area (Å²) in [6.07, 6.45) is 4.28. The number of nitrogens with zero attached hydrogens (tertiary/aromatic N) is 5. The minimum atomic E-state index is -0.0877. The number of fused-ring (bicyclic) bond motifs is 3. The third-order valence-electron chi connectivity index (χ3n) is 3.30. The molecule has 1 atom stereocenters. The van der Waals surface area contributed by atoms with Gasteiger partial charge in [0, 0.05) is 15.7 Å². The van der Waals surface area contributed by atoms with Crippen molar-refractivity contribution in [3.63, 3.8) is 0 Å². The van der Waals surface area contributed by atoms with Crippen molar-refractivity contribution in [1.82, 2.24) is 9.78 Å². The highest BCUT2D eigenvalue weighted by Gasteiger charge is 2.12. The number of aromatic nitrogens is 2. The highest BCUT2D eigenvalue weighted by molar-refractivity contribution is 6.03. The molecule has 3 rings (SSSR count). The van der Waals surface area contributed by atoms with Gasteiger partial charge in [-0.1, -0.05) is 12.0 Å². The van der Waals surface area contributed by atoms with Gasteiger partial charge in [-0.15, -0.1) is 0 Å². The van der Waals surface area contributed by atoms with Gasteiger partial charge in [-0.3, -0.25) is 4.68 Å². The summed E-state index contributed by atoms with van der Waals surface area (Å²) in [7, 11) is 0. The molecule has 0 amide bonds. The van der Waals surface area contributed by atoms with E-state index in [1.54, 1.807) is 6.26 Å². The van der Waals surface area contributed by atoms with E-state index in [-0.39, 0.29) is 6.04 Å². The molecule has 96 valence electrons. The molecule has 0 fully saturated rings. The molecule has 19 heavy (non-hydrogen) atoms. The average molecular weight is 255 g/mol. The molecule has 2 aromatic heterocycles. The van der Waals surface area contributed by atoms with Crippen LogP contribution in [-0.4, -0.2) is 15.8 Å². The van der Waals surface area contributed by atoms with Crippen LogP contribution in [0.3, 0.4) is 0 Å². The van der Waals surface area contributed by atoms with Crippen LogP contribution in [0, 0.1) is 0 Å². The van der Waals surface area contributed by atoms with Crippen molar-refractivity contribution < 1.29 is 4.42 Å². The summed E-state index contributed by atoms with van der Waals surface area (Å²) < 4.78 is 7.29. The third-order valence-corrected chi connectivity index (χ3v) is 3.30. The van der Waals surface area contributed by atoms with Gasteiger partial charge in [0.2, 0.25) is 0 Å². The van der Waals surface area contributed by atoms with Gasteiger partial charge in [0.1, 0.15) is 5.58 Å². The number of benzene rings is 1. The summed E-state index contributed by atoms with van der Waals surface area (Å²) in [4.78, 5) is 2.89. The first-order valence-corrected chi connectivity index (χ1v) is 6.19. The molecule has 0 spiro atoms. The molecular weight excluding hydrogens is 242 g/mol. The van der Waals surface area contributed by atoms with Crippen LogP contribution in [0.5, 0.6) is 0 Å². The lowest BCUT2D eigenvalue weighted by molar-refractivity contribution is 0.511. The molecule has 6 heteroatoms. The molecule has 0 N–H and O–H groups in total. The molecule has 0 saturated heterocycles. The van der Waals surface area contributed by atoms with Crippen molar-refractivity contribution >= 4 is 21.9 Å². The molecule has 0 radical (unpaired) electrons. The van der Waals surface area contributed by atoms with E-state index in [1.165, 1.54) is 0 Å². The minimum Gasteiger partial charge on any atom is -0.464 e. The summed E-state index contributed by atoms with van der Waals surface area (Å²) in [5, 5.41) is 10.3. The summed E-state index contributed by atoms with van der Waals surface area (Å²) in [6, 6.07) is 5.77. The molecule has 6 nitrogen and oxygen atoms in total. The number of azide groups is 1. The van der Waals surface area contributed by atoms with Crippen molar-refractivity contribution in [2.24, 2.45) is 5.11 Å². The molecule has 1 aromatic carbocycles. The van der Waals surface area contributed by atoms with Crippen LogP contribution in [0.4, 0.5) is 0 Å². The van der Waals surface area contributed by atoms with Gasteiger partial charge in [0.15, 0.2) is 0 Å². The lowest BCUT2D eigenvalue weighted by Gasteiger charge is -2.09. The van der Waals surface area contributed by atoms with Crippen LogP contribution < -0.4 is 0 Å². The second-order valence-corrected chi connectivity index (χ2v) is 4.43. The van der Waals surface area contributed by atoms with Crippen LogP contribution in [0.1, 0.15) is 13.3 Å². The van der Waals surface area contributed by atoms with E-state index in [9.17, 15) is 0 Å². The lowest BCUT2D eigenvalue weighted by Crippen LogP contribution is -2.13. The standard InChI is InChI=1S/C13H13N5O/c1-2-10(16-17-14)8-18-13-9(7-15-18)3-4-12-11(13)5-6-19-12/h3-7,10H,2,8H2,1H3. The number of hydrogen-bond acceptors (Lipinski definition) is 3. The van der Waals surface area contributed by atoms with E-state index in [4.69, 9.17) is 9.95 Å². The first-order chi connectivity index (χ1) is 9.33. The molecule has 0 aliphatic carbocycles. The van der Waals surface area contributed by atoms with Gasteiger partial charge >= 0.3 is 0 Å². The topological polar surface area (TPSA) is 79.7 Å². The molecule has 0 saturated carbocycles. The fraction of sp³-hybridized carbons (Fsp3) is 0.308. The van der Waals surface area contributed by atoms with Gasteiger partial charge in [0.25, 0.3) is 0 Å². The fourth-order valence-electron chi connectivity index (χ4n) is 2.29. The Morgan fingerprint density at radius 2 is 2.37 bits per heavy atom. The van der Waals surface area contributed by atoms with Crippen LogP contribution in [0.25, 0.3) is 32.3 Å². The Kier molecular flexibility index (Phi) is 2.85. The van der Waals surface area contributed by atoms with E-state index in [0.717, 1.165) is 28.3 Å². The SMILES string of the molecule is CCC(Cn1ncc2ccc3occc3c21)N=[N+]=[N-]. The summed E-state index contributed by atoms with van der Waals surface area (Å²) in [5.74, 6) is 0. The van der Waals surface area contributed by atoms with Crippen molar-refractivity contribution in [2.45, 2.75) is 25.9 Å². The van der Waals surface area contributed by atoms with Crippen molar-refractivity contribution in [1.29, 1.82) is 0 Å². The normalized spacial score (nSPS) is 12.7. The lowest BCUT2D eigenvalue weighted by atomic mass is 10.2. The Morgan fingerprint density at radius 1 is 1.47 bits per heavy atom.